The number of hydrogen-bond acceptors (Lipinski definition) is 2. The average molecular weight is 224 g/mol. The van der Waals surface area contributed by atoms with Crippen LogP contribution in [0.4, 0.5) is 0 Å². The number of carbonyl (C=O) groups is 1. The molecular weight excluding hydrogens is 200 g/mol. The van der Waals surface area contributed by atoms with E-state index < -0.39 is 0 Å². The Morgan fingerprint density at radius 2 is 2.38 bits per heavy atom. The lowest BCUT2D eigenvalue weighted by molar-refractivity contribution is -0.141. The molecule has 2 atom stereocenters. The summed E-state index contributed by atoms with van der Waals surface area (Å²) in [6.07, 6.45) is 4.59. The first-order chi connectivity index (χ1) is 7.65. The molecule has 1 N–H and O–H groups in total. The Hall–Kier alpha value is -0.570. The Morgan fingerprint density at radius 3 is 2.94 bits per heavy atom. The zero-order valence-electron chi connectivity index (χ0n) is 10.6. The molecule has 2 heterocycles. The van der Waals surface area contributed by atoms with Crippen molar-refractivity contribution in [3.05, 3.63) is 0 Å². The predicted octanol–water partition coefficient (Wildman–Crippen LogP) is 1.63. The summed E-state index contributed by atoms with van der Waals surface area (Å²) in [5, 5.41) is 3.36. The minimum atomic E-state index is -0.138. The molecule has 0 aromatic heterocycles. The van der Waals surface area contributed by atoms with Crippen LogP contribution in [0.1, 0.15) is 39.5 Å². The Labute approximate surface area is 98.6 Å². The number of nitrogens with one attached hydrogen (secondary N) is 1. The van der Waals surface area contributed by atoms with Gasteiger partial charge in [-0.05, 0) is 38.6 Å². The molecule has 0 bridgehead atoms. The Balaban J connectivity index is 1.96. The van der Waals surface area contributed by atoms with E-state index in [9.17, 15) is 4.79 Å². The zero-order chi connectivity index (χ0) is 11.6. The lowest BCUT2D eigenvalue weighted by Gasteiger charge is -2.36. The summed E-state index contributed by atoms with van der Waals surface area (Å²) >= 11 is 0. The lowest BCUT2D eigenvalue weighted by Crippen LogP contribution is -2.49. The van der Waals surface area contributed by atoms with Crippen LogP contribution in [0.25, 0.3) is 0 Å². The Morgan fingerprint density at radius 1 is 1.56 bits per heavy atom. The van der Waals surface area contributed by atoms with Crippen LogP contribution in [0, 0.1) is 11.3 Å². The SMILES string of the molecule is CCC1CCN(C(=O)C2(C)CCCNC2)C1. The highest BCUT2D eigenvalue weighted by molar-refractivity contribution is 5.83. The summed E-state index contributed by atoms with van der Waals surface area (Å²) < 4.78 is 0. The predicted molar refractivity (Wildman–Crippen MR) is 65.2 cm³/mol. The van der Waals surface area contributed by atoms with Crippen LogP contribution >= 0.6 is 0 Å². The second-order valence-electron chi connectivity index (χ2n) is 5.66. The molecule has 2 aliphatic rings. The van der Waals surface area contributed by atoms with Crippen molar-refractivity contribution >= 4 is 5.91 Å². The van der Waals surface area contributed by atoms with Crippen molar-refractivity contribution in [1.82, 2.24) is 10.2 Å². The largest absolute Gasteiger partial charge is 0.342 e. The normalized spacial score (nSPS) is 35.4. The highest BCUT2D eigenvalue weighted by Gasteiger charge is 2.39. The fraction of sp³-hybridized carbons (Fsp3) is 0.923. The summed E-state index contributed by atoms with van der Waals surface area (Å²) in [5.41, 5.74) is -0.138. The highest BCUT2D eigenvalue weighted by atomic mass is 16.2. The van der Waals surface area contributed by atoms with Gasteiger partial charge in [0.1, 0.15) is 0 Å². The van der Waals surface area contributed by atoms with Crippen molar-refractivity contribution in [3.63, 3.8) is 0 Å². The molecule has 2 saturated heterocycles. The third kappa shape index (κ3) is 2.24. The lowest BCUT2D eigenvalue weighted by atomic mass is 9.81. The van der Waals surface area contributed by atoms with E-state index in [0.29, 0.717) is 5.91 Å². The van der Waals surface area contributed by atoms with Gasteiger partial charge in [-0.1, -0.05) is 13.3 Å². The van der Waals surface area contributed by atoms with Gasteiger partial charge in [0.2, 0.25) is 5.91 Å². The van der Waals surface area contributed by atoms with Crippen LogP contribution < -0.4 is 5.32 Å². The van der Waals surface area contributed by atoms with Gasteiger partial charge in [-0.25, -0.2) is 0 Å². The third-order valence-electron chi connectivity index (χ3n) is 4.26. The molecule has 2 aliphatic heterocycles. The van der Waals surface area contributed by atoms with Gasteiger partial charge in [0.05, 0.1) is 5.41 Å². The highest BCUT2D eigenvalue weighted by Crippen LogP contribution is 2.31. The maximum atomic E-state index is 12.5. The zero-order valence-corrected chi connectivity index (χ0v) is 10.6. The minimum absolute atomic E-state index is 0.138. The first kappa shape index (κ1) is 11.9. The monoisotopic (exact) mass is 224 g/mol. The van der Waals surface area contributed by atoms with Gasteiger partial charge in [-0.3, -0.25) is 4.79 Å². The van der Waals surface area contributed by atoms with Crippen molar-refractivity contribution in [2.45, 2.75) is 39.5 Å². The van der Waals surface area contributed by atoms with E-state index in [2.05, 4.69) is 24.1 Å². The molecular formula is C13H24N2O. The van der Waals surface area contributed by atoms with Gasteiger partial charge in [0.15, 0.2) is 0 Å². The van der Waals surface area contributed by atoms with E-state index in [1.54, 1.807) is 0 Å². The topological polar surface area (TPSA) is 32.3 Å². The molecule has 3 heteroatoms. The third-order valence-corrected chi connectivity index (χ3v) is 4.26. The van der Waals surface area contributed by atoms with E-state index in [4.69, 9.17) is 0 Å². The minimum Gasteiger partial charge on any atom is -0.342 e. The standard InChI is InChI=1S/C13H24N2O/c1-3-11-5-8-15(9-11)12(16)13(2)6-4-7-14-10-13/h11,14H,3-10H2,1-2H3. The molecule has 0 spiro atoms. The van der Waals surface area contributed by atoms with E-state index in [1.165, 1.54) is 12.8 Å². The Bertz CT molecular complexity index is 259. The fourth-order valence-electron chi connectivity index (χ4n) is 2.97. The number of hydrogen-bond donors (Lipinski definition) is 1. The molecule has 0 radical (unpaired) electrons. The summed E-state index contributed by atoms with van der Waals surface area (Å²) in [4.78, 5) is 14.6. The van der Waals surface area contributed by atoms with E-state index in [-0.39, 0.29) is 5.41 Å². The van der Waals surface area contributed by atoms with Crippen molar-refractivity contribution in [1.29, 1.82) is 0 Å². The van der Waals surface area contributed by atoms with Crippen LogP contribution in [0.3, 0.4) is 0 Å². The molecule has 0 aromatic rings. The molecule has 3 nitrogen and oxygen atoms in total. The van der Waals surface area contributed by atoms with Gasteiger partial charge in [-0.15, -0.1) is 0 Å². The first-order valence-corrected chi connectivity index (χ1v) is 6.66. The fourth-order valence-corrected chi connectivity index (χ4v) is 2.97. The average Bonchev–Trinajstić information content (AvgIpc) is 2.77. The molecule has 2 fully saturated rings. The number of likely N-dealkylation sites (tertiary alicyclic amines) is 1. The Kier molecular flexibility index (Phi) is 3.53. The number of piperidine rings is 1. The molecule has 0 aliphatic carbocycles. The van der Waals surface area contributed by atoms with Crippen LogP contribution in [0.5, 0.6) is 0 Å². The van der Waals surface area contributed by atoms with Crippen molar-refractivity contribution in [2.75, 3.05) is 26.2 Å². The second kappa shape index (κ2) is 4.74. The number of amides is 1. The van der Waals surface area contributed by atoms with Gasteiger partial charge in [-0.2, -0.15) is 0 Å². The number of nitrogens with zero attached hydrogens (tertiary/aromatic N) is 1. The molecule has 0 aromatic carbocycles. The maximum absolute atomic E-state index is 12.5. The van der Waals surface area contributed by atoms with Crippen LogP contribution in [0.2, 0.25) is 0 Å². The van der Waals surface area contributed by atoms with Crippen LogP contribution in [-0.4, -0.2) is 37.0 Å². The van der Waals surface area contributed by atoms with Crippen LogP contribution in [0.15, 0.2) is 0 Å². The van der Waals surface area contributed by atoms with Crippen molar-refractivity contribution in [2.24, 2.45) is 11.3 Å². The van der Waals surface area contributed by atoms with Gasteiger partial charge >= 0.3 is 0 Å². The first-order valence-electron chi connectivity index (χ1n) is 6.66. The quantitative estimate of drug-likeness (QED) is 0.773. The van der Waals surface area contributed by atoms with E-state index in [0.717, 1.165) is 44.9 Å². The summed E-state index contributed by atoms with van der Waals surface area (Å²) in [6, 6.07) is 0. The molecule has 92 valence electrons. The molecule has 2 rings (SSSR count). The number of carbonyl (C=O) groups excluding carboxylic acids is 1. The summed E-state index contributed by atoms with van der Waals surface area (Å²) in [5.74, 6) is 1.12. The molecule has 1 amide bonds. The second-order valence-corrected chi connectivity index (χ2v) is 5.66. The summed E-state index contributed by atoms with van der Waals surface area (Å²) in [7, 11) is 0. The van der Waals surface area contributed by atoms with Gasteiger partial charge < -0.3 is 10.2 Å². The molecule has 0 saturated carbocycles. The van der Waals surface area contributed by atoms with Gasteiger partial charge in [0, 0.05) is 19.6 Å². The van der Waals surface area contributed by atoms with E-state index in [1.807, 2.05) is 0 Å². The number of rotatable bonds is 2. The maximum Gasteiger partial charge on any atom is 0.229 e. The van der Waals surface area contributed by atoms with Crippen molar-refractivity contribution in [3.8, 4) is 0 Å². The van der Waals surface area contributed by atoms with Crippen LogP contribution in [-0.2, 0) is 4.79 Å². The smallest absolute Gasteiger partial charge is 0.229 e. The molecule has 2 unspecified atom stereocenters. The van der Waals surface area contributed by atoms with E-state index >= 15 is 0 Å². The summed E-state index contributed by atoms with van der Waals surface area (Å²) in [6.45, 7) is 8.25. The molecule has 16 heavy (non-hydrogen) atoms. The van der Waals surface area contributed by atoms with Gasteiger partial charge in [0.25, 0.3) is 0 Å². The van der Waals surface area contributed by atoms with Crippen molar-refractivity contribution < 1.29 is 4.79 Å².